The first-order chi connectivity index (χ1) is 14.1. The van der Waals surface area contributed by atoms with Crippen LogP contribution in [-0.2, 0) is 16.1 Å². The van der Waals surface area contributed by atoms with Gasteiger partial charge in [-0.3, -0.25) is 9.59 Å². The fourth-order valence-electron chi connectivity index (χ4n) is 2.83. The number of halogens is 1. The summed E-state index contributed by atoms with van der Waals surface area (Å²) in [5, 5.41) is 2.86. The molecular weight excluding hydrogens is 387 g/mol. The van der Waals surface area contributed by atoms with Gasteiger partial charge < -0.3 is 19.7 Å². The molecule has 6 nitrogen and oxygen atoms in total. The third-order valence-electron chi connectivity index (χ3n) is 4.38. The number of methoxy groups -OCH3 is 1. The summed E-state index contributed by atoms with van der Waals surface area (Å²) in [7, 11) is 1.51. The lowest BCUT2D eigenvalue weighted by Crippen LogP contribution is -2.53. The van der Waals surface area contributed by atoms with Crippen molar-refractivity contribution in [3.63, 3.8) is 0 Å². The smallest absolute Gasteiger partial charge is 0.261 e. The Morgan fingerprint density at radius 1 is 1.07 bits per heavy atom. The quantitative estimate of drug-likeness (QED) is 0.715. The van der Waals surface area contributed by atoms with Crippen LogP contribution in [-0.4, -0.2) is 42.0 Å². The fourth-order valence-corrected chi connectivity index (χ4v) is 2.83. The lowest BCUT2D eigenvalue weighted by atomic mass is 10.1. The normalized spacial score (nSPS) is 12.1. The van der Waals surface area contributed by atoms with Crippen molar-refractivity contribution in [2.75, 3.05) is 13.7 Å². The first kappa shape index (κ1) is 23.2. The van der Waals surface area contributed by atoms with E-state index < -0.39 is 23.3 Å². The summed E-state index contributed by atoms with van der Waals surface area (Å²) in [5.74, 6) is -0.315. The number of hydrogen-bond acceptors (Lipinski definition) is 4. The van der Waals surface area contributed by atoms with Gasteiger partial charge in [-0.25, -0.2) is 4.39 Å². The van der Waals surface area contributed by atoms with Crippen LogP contribution in [0, 0.1) is 5.82 Å². The van der Waals surface area contributed by atoms with E-state index in [0.717, 1.165) is 0 Å². The summed E-state index contributed by atoms with van der Waals surface area (Å²) in [5.41, 5.74) is -0.148. The van der Waals surface area contributed by atoms with Gasteiger partial charge in [0.15, 0.2) is 18.1 Å². The molecule has 0 fully saturated rings. The molecule has 0 saturated carbocycles. The highest BCUT2D eigenvalue weighted by molar-refractivity contribution is 5.88. The van der Waals surface area contributed by atoms with E-state index >= 15 is 0 Å². The maximum absolute atomic E-state index is 14.2. The maximum atomic E-state index is 14.2. The van der Waals surface area contributed by atoms with Gasteiger partial charge in [0.25, 0.3) is 5.91 Å². The van der Waals surface area contributed by atoms with Crippen molar-refractivity contribution >= 4 is 11.8 Å². The zero-order chi connectivity index (χ0) is 22.3. The van der Waals surface area contributed by atoms with Crippen LogP contribution in [0.4, 0.5) is 4.39 Å². The summed E-state index contributed by atoms with van der Waals surface area (Å²) in [4.78, 5) is 27.0. The Hall–Kier alpha value is -3.09. The number of rotatable bonds is 8. The molecule has 0 aliphatic carbocycles. The second-order valence-electron chi connectivity index (χ2n) is 7.97. The Kier molecular flexibility index (Phi) is 7.80. The van der Waals surface area contributed by atoms with Gasteiger partial charge in [0.05, 0.1) is 7.11 Å². The highest BCUT2D eigenvalue weighted by Crippen LogP contribution is 2.26. The minimum absolute atomic E-state index is 0.0560. The number of nitrogens with zero attached hydrogens (tertiary/aromatic N) is 1. The van der Waals surface area contributed by atoms with Gasteiger partial charge in [-0.15, -0.1) is 0 Å². The Bertz CT molecular complexity index is 880. The molecule has 0 aromatic heterocycles. The molecule has 0 bridgehead atoms. The number of benzene rings is 2. The average Bonchev–Trinajstić information content (AvgIpc) is 2.69. The lowest BCUT2D eigenvalue weighted by molar-refractivity contribution is -0.142. The molecule has 2 aromatic carbocycles. The zero-order valence-electron chi connectivity index (χ0n) is 18.1. The molecule has 0 spiro atoms. The first-order valence-electron chi connectivity index (χ1n) is 9.73. The second kappa shape index (κ2) is 10.1. The van der Waals surface area contributed by atoms with E-state index in [-0.39, 0.29) is 19.1 Å². The molecule has 2 rings (SSSR count). The number of carbonyl (C=O) groups is 2. The van der Waals surface area contributed by atoms with Crippen molar-refractivity contribution in [1.82, 2.24) is 10.2 Å². The molecule has 1 atom stereocenters. The van der Waals surface area contributed by atoms with Crippen LogP contribution in [0.2, 0.25) is 0 Å². The molecule has 0 aliphatic rings. The molecule has 0 aliphatic heterocycles. The van der Waals surface area contributed by atoms with Crippen LogP contribution >= 0.6 is 0 Å². The molecule has 7 heteroatoms. The van der Waals surface area contributed by atoms with Crippen molar-refractivity contribution in [2.45, 2.75) is 45.8 Å². The van der Waals surface area contributed by atoms with Crippen LogP contribution in [0.3, 0.4) is 0 Å². The van der Waals surface area contributed by atoms with Crippen molar-refractivity contribution in [3.8, 4) is 11.5 Å². The molecule has 30 heavy (non-hydrogen) atoms. The summed E-state index contributed by atoms with van der Waals surface area (Å²) in [6, 6.07) is 12.3. The summed E-state index contributed by atoms with van der Waals surface area (Å²) in [6.07, 6.45) is 0. The Labute approximate surface area is 177 Å². The van der Waals surface area contributed by atoms with Crippen molar-refractivity contribution < 1.29 is 23.5 Å². The Morgan fingerprint density at radius 2 is 1.67 bits per heavy atom. The number of hydrogen-bond donors (Lipinski definition) is 1. The number of ether oxygens (including phenoxy) is 2. The summed E-state index contributed by atoms with van der Waals surface area (Å²) >= 11 is 0. The highest BCUT2D eigenvalue weighted by atomic mass is 19.1. The van der Waals surface area contributed by atoms with Crippen molar-refractivity contribution in [3.05, 3.63) is 59.9 Å². The van der Waals surface area contributed by atoms with E-state index in [1.54, 1.807) is 49.4 Å². The molecule has 162 valence electrons. The molecule has 2 aromatic rings. The Balaban J connectivity index is 2.22. The van der Waals surface area contributed by atoms with E-state index in [2.05, 4.69) is 5.32 Å². The zero-order valence-corrected chi connectivity index (χ0v) is 18.1. The summed E-state index contributed by atoms with van der Waals surface area (Å²) in [6.45, 7) is 6.80. The third kappa shape index (κ3) is 6.47. The molecule has 0 heterocycles. The topological polar surface area (TPSA) is 67.9 Å². The van der Waals surface area contributed by atoms with Gasteiger partial charge in [0, 0.05) is 17.6 Å². The van der Waals surface area contributed by atoms with Crippen molar-refractivity contribution in [1.29, 1.82) is 0 Å². The monoisotopic (exact) mass is 416 g/mol. The molecular formula is C23H29FN2O4. The lowest BCUT2D eigenvalue weighted by Gasteiger charge is -2.31. The fraction of sp³-hybridized carbons (Fsp3) is 0.391. The standard InChI is InChI=1S/C23H29FN2O4/c1-16(22(28)25-23(2,3)4)26(14-17-10-6-7-11-18(17)24)21(27)15-30-20-13-9-8-12-19(20)29-5/h6-13,16H,14-15H2,1-5H3,(H,25,28). The van der Waals surface area contributed by atoms with Crippen LogP contribution in [0.15, 0.2) is 48.5 Å². The van der Waals surface area contributed by atoms with E-state index in [0.29, 0.717) is 17.1 Å². The van der Waals surface area contributed by atoms with E-state index in [1.165, 1.54) is 18.1 Å². The number of para-hydroxylation sites is 2. The number of carbonyl (C=O) groups excluding carboxylic acids is 2. The predicted molar refractivity (Wildman–Crippen MR) is 113 cm³/mol. The van der Waals surface area contributed by atoms with Gasteiger partial charge in [-0.2, -0.15) is 0 Å². The molecule has 0 radical (unpaired) electrons. The van der Waals surface area contributed by atoms with Crippen molar-refractivity contribution in [2.24, 2.45) is 0 Å². The van der Waals surface area contributed by atoms with Crippen LogP contribution < -0.4 is 14.8 Å². The minimum atomic E-state index is -0.822. The number of nitrogens with one attached hydrogen (secondary N) is 1. The van der Waals surface area contributed by atoms with Gasteiger partial charge in [-0.05, 0) is 45.9 Å². The van der Waals surface area contributed by atoms with Crippen LogP contribution in [0.1, 0.15) is 33.3 Å². The predicted octanol–water partition coefficient (Wildman–Crippen LogP) is 3.55. The van der Waals surface area contributed by atoms with Gasteiger partial charge >= 0.3 is 0 Å². The van der Waals surface area contributed by atoms with Gasteiger partial charge in [0.1, 0.15) is 11.9 Å². The Morgan fingerprint density at radius 3 is 2.27 bits per heavy atom. The second-order valence-corrected chi connectivity index (χ2v) is 7.97. The molecule has 1 N–H and O–H groups in total. The average molecular weight is 416 g/mol. The van der Waals surface area contributed by atoms with Gasteiger partial charge in [0.2, 0.25) is 5.91 Å². The highest BCUT2D eigenvalue weighted by Gasteiger charge is 2.29. The van der Waals surface area contributed by atoms with E-state index in [9.17, 15) is 14.0 Å². The van der Waals surface area contributed by atoms with E-state index in [4.69, 9.17) is 9.47 Å². The van der Waals surface area contributed by atoms with Gasteiger partial charge in [-0.1, -0.05) is 30.3 Å². The maximum Gasteiger partial charge on any atom is 0.261 e. The SMILES string of the molecule is COc1ccccc1OCC(=O)N(Cc1ccccc1F)C(C)C(=O)NC(C)(C)C. The molecule has 2 amide bonds. The molecule has 0 saturated heterocycles. The van der Waals surface area contributed by atoms with Crippen LogP contribution in [0.5, 0.6) is 11.5 Å². The first-order valence-corrected chi connectivity index (χ1v) is 9.73. The summed E-state index contributed by atoms with van der Waals surface area (Å²) < 4.78 is 25.1. The molecule has 1 unspecified atom stereocenters. The van der Waals surface area contributed by atoms with Crippen LogP contribution in [0.25, 0.3) is 0 Å². The van der Waals surface area contributed by atoms with E-state index in [1.807, 2.05) is 20.8 Å². The third-order valence-corrected chi connectivity index (χ3v) is 4.38. The largest absolute Gasteiger partial charge is 0.493 e. The minimum Gasteiger partial charge on any atom is -0.493 e. The number of amides is 2.